The van der Waals surface area contributed by atoms with Crippen LogP contribution in [0.25, 0.3) is 11.0 Å². The third-order valence-corrected chi connectivity index (χ3v) is 4.04. The summed E-state index contributed by atoms with van der Waals surface area (Å²) in [6, 6.07) is 3.89. The number of pyridine rings is 2. The smallest absolute Gasteiger partial charge is 0.112 e. The Bertz CT molecular complexity index is 725. The highest BCUT2D eigenvalue weighted by Gasteiger charge is 2.05. The Balaban J connectivity index is 1.88. The first-order valence-corrected chi connectivity index (χ1v) is 7.45. The highest BCUT2D eigenvalue weighted by atomic mass is 79.9. The van der Waals surface area contributed by atoms with Crippen LogP contribution in [0.2, 0.25) is 0 Å². The molecule has 0 fully saturated rings. The number of anilines is 1. The minimum atomic E-state index is 0.704. The van der Waals surface area contributed by atoms with Crippen LogP contribution in [0.4, 0.5) is 5.69 Å². The largest absolute Gasteiger partial charge is 0.377 e. The Hall–Kier alpha value is -1.53. The number of thiazole rings is 1. The first-order chi connectivity index (χ1) is 9.22. The summed E-state index contributed by atoms with van der Waals surface area (Å²) in [4.78, 5) is 13.2. The molecule has 0 saturated heterocycles. The van der Waals surface area contributed by atoms with Crippen LogP contribution in [0.5, 0.6) is 0 Å². The predicted octanol–water partition coefficient (Wildman–Crippen LogP) is 3.77. The van der Waals surface area contributed by atoms with Gasteiger partial charge in [0.2, 0.25) is 0 Å². The molecule has 6 heteroatoms. The number of nitrogens with one attached hydrogen (secondary N) is 1. The fourth-order valence-corrected chi connectivity index (χ4v) is 2.83. The first-order valence-electron chi connectivity index (χ1n) is 5.77. The number of hydrogen-bond acceptors (Lipinski definition) is 5. The van der Waals surface area contributed by atoms with E-state index >= 15 is 0 Å². The molecule has 0 amide bonds. The van der Waals surface area contributed by atoms with Gasteiger partial charge in [-0.15, -0.1) is 11.3 Å². The van der Waals surface area contributed by atoms with Gasteiger partial charge in [-0.3, -0.25) is 9.97 Å². The lowest BCUT2D eigenvalue weighted by atomic mass is 10.3. The zero-order valence-electron chi connectivity index (χ0n) is 10.2. The molecule has 0 unspecified atom stereocenters. The van der Waals surface area contributed by atoms with Gasteiger partial charge in [-0.2, -0.15) is 0 Å². The highest BCUT2D eigenvalue weighted by Crippen LogP contribution is 2.22. The predicted molar refractivity (Wildman–Crippen MR) is 81.4 cm³/mol. The maximum atomic E-state index is 4.43. The summed E-state index contributed by atoms with van der Waals surface area (Å²) in [7, 11) is 0. The van der Waals surface area contributed by atoms with Gasteiger partial charge in [0.15, 0.2) is 0 Å². The molecule has 0 spiro atoms. The van der Waals surface area contributed by atoms with Gasteiger partial charge in [-0.25, -0.2) is 4.98 Å². The fourth-order valence-electron chi connectivity index (χ4n) is 1.80. The Labute approximate surface area is 123 Å². The molecule has 0 radical (unpaired) electrons. The summed E-state index contributed by atoms with van der Waals surface area (Å²) in [5.74, 6) is 0. The second kappa shape index (κ2) is 5.22. The maximum Gasteiger partial charge on any atom is 0.112 e. The molecule has 0 aliphatic carbocycles. The van der Waals surface area contributed by atoms with Crippen molar-refractivity contribution in [3.63, 3.8) is 0 Å². The fraction of sp³-hybridized carbons (Fsp3) is 0.154. The maximum absolute atomic E-state index is 4.43. The van der Waals surface area contributed by atoms with E-state index in [2.05, 4.69) is 41.6 Å². The molecule has 96 valence electrons. The summed E-state index contributed by atoms with van der Waals surface area (Å²) < 4.78 is 0.931. The van der Waals surface area contributed by atoms with Crippen LogP contribution in [-0.4, -0.2) is 15.0 Å². The van der Waals surface area contributed by atoms with E-state index in [0.717, 1.165) is 31.9 Å². The molecular weight excluding hydrogens is 324 g/mol. The van der Waals surface area contributed by atoms with E-state index in [9.17, 15) is 0 Å². The Morgan fingerprint density at radius 3 is 3.05 bits per heavy atom. The molecule has 3 aromatic heterocycles. The summed E-state index contributed by atoms with van der Waals surface area (Å²) in [5.41, 5.74) is 3.78. The van der Waals surface area contributed by atoms with E-state index in [4.69, 9.17) is 0 Å². The number of fused-ring (bicyclic) bond motifs is 1. The van der Waals surface area contributed by atoms with E-state index < -0.39 is 0 Å². The second-order valence-electron chi connectivity index (χ2n) is 4.12. The van der Waals surface area contributed by atoms with Crippen LogP contribution < -0.4 is 5.32 Å². The molecule has 3 rings (SSSR count). The Morgan fingerprint density at radius 2 is 2.26 bits per heavy atom. The third kappa shape index (κ3) is 2.74. The zero-order valence-corrected chi connectivity index (χ0v) is 12.6. The summed E-state index contributed by atoms with van der Waals surface area (Å²) >= 11 is 5.06. The lowest BCUT2D eigenvalue weighted by molar-refractivity contribution is 1.08. The van der Waals surface area contributed by atoms with Crippen molar-refractivity contribution in [1.29, 1.82) is 0 Å². The van der Waals surface area contributed by atoms with Gasteiger partial charge in [-0.1, -0.05) is 0 Å². The van der Waals surface area contributed by atoms with Gasteiger partial charge in [-0.05, 0) is 35.0 Å². The molecule has 0 atom stereocenters. The van der Waals surface area contributed by atoms with Crippen molar-refractivity contribution >= 4 is 44.0 Å². The second-order valence-corrected chi connectivity index (χ2v) is 5.97. The van der Waals surface area contributed by atoms with Gasteiger partial charge in [0.05, 0.1) is 17.7 Å². The Kier molecular flexibility index (Phi) is 3.44. The molecule has 0 saturated carbocycles. The zero-order chi connectivity index (χ0) is 13.2. The third-order valence-electron chi connectivity index (χ3n) is 2.64. The van der Waals surface area contributed by atoms with Crippen LogP contribution in [0.1, 0.15) is 10.7 Å². The van der Waals surface area contributed by atoms with Crippen molar-refractivity contribution in [2.75, 3.05) is 5.32 Å². The molecule has 0 aromatic carbocycles. The van der Waals surface area contributed by atoms with Crippen molar-refractivity contribution in [2.24, 2.45) is 0 Å². The molecule has 3 heterocycles. The number of aryl methyl sites for hydroxylation is 1. The molecule has 0 bridgehead atoms. The van der Waals surface area contributed by atoms with E-state index in [1.165, 1.54) is 0 Å². The topological polar surface area (TPSA) is 50.7 Å². The van der Waals surface area contributed by atoms with E-state index in [-0.39, 0.29) is 0 Å². The van der Waals surface area contributed by atoms with E-state index in [0.29, 0.717) is 6.54 Å². The normalized spacial score (nSPS) is 10.8. The van der Waals surface area contributed by atoms with Gasteiger partial charge in [0.1, 0.15) is 10.5 Å². The molecule has 1 N–H and O–H groups in total. The van der Waals surface area contributed by atoms with Gasteiger partial charge in [0, 0.05) is 27.9 Å². The highest BCUT2D eigenvalue weighted by molar-refractivity contribution is 9.10. The van der Waals surface area contributed by atoms with Crippen molar-refractivity contribution < 1.29 is 0 Å². The van der Waals surface area contributed by atoms with Crippen molar-refractivity contribution in [3.05, 3.63) is 45.1 Å². The molecule has 0 aliphatic rings. The number of aromatic nitrogens is 3. The SMILES string of the molecule is Cc1csc(CNc2ccnc3cc(Br)cnc23)n1. The molecule has 0 aliphatic heterocycles. The van der Waals surface area contributed by atoms with Crippen LogP contribution in [0.3, 0.4) is 0 Å². The summed E-state index contributed by atoms with van der Waals surface area (Å²) in [5, 5.41) is 6.49. The first kappa shape index (κ1) is 12.5. The van der Waals surface area contributed by atoms with Crippen LogP contribution in [0.15, 0.2) is 34.4 Å². The van der Waals surface area contributed by atoms with Crippen molar-refractivity contribution in [3.8, 4) is 0 Å². The number of hydrogen-bond donors (Lipinski definition) is 1. The van der Waals surface area contributed by atoms with Gasteiger partial charge in [0.25, 0.3) is 0 Å². The van der Waals surface area contributed by atoms with Crippen molar-refractivity contribution in [2.45, 2.75) is 13.5 Å². The number of rotatable bonds is 3. The van der Waals surface area contributed by atoms with E-state index in [1.807, 2.05) is 19.1 Å². The minimum absolute atomic E-state index is 0.704. The standard InChI is InChI=1S/C13H11BrN4S/c1-8-7-19-12(18-8)6-16-10-2-3-15-11-4-9(14)5-17-13(10)11/h2-5,7H,6H2,1H3,(H,15,16). The summed E-state index contributed by atoms with van der Waals surface area (Å²) in [6.45, 7) is 2.70. The van der Waals surface area contributed by atoms with Crippen LogP contribution in [0, 0.1) is 6.92 Å². The van der Waals surface area contributed by atoms with Gasteiger partial charge >= 0.3 is 0 Å². The van der Waals surface area contributed by atoms with Crippen LogP contribution >= 0.6 is 27.3 Å². The van der Waals surface area contributed by atoms with Gasteiger partial charge < -0.3 is 5.32 Å². The molecule has 19 heavy (non-hydrogen) atoms. The van der Waals surface area contributed by atoms with Crippen LogP contribution in [-0.2, 0) is 6.54 Å². The quantitative estimate of drug-likeness (QED) is 0.792. The minimum Gasteiger partial charge on any atom is -0.377 e. The molecule has 3 aromatic rings. The summed E-state index contributed by atoms with van der Waals surface area (Å²) in [6.07, 6.45) is 3.56. The molecule has 4 nitrogen and oxygen atoms in total. The lowest BCUT2D eigenvalue weighted by Gasteiger charge is -2.07. The number of nitrogens with zero attached hydrogens (tertiary/aromatic N) is 3. The lowest BCUT2D eigenvalue weighted by Crippen LogP contribution is -2.01. The van der Waals surface area contributed by atoms with Crippen molar-refractivity contribution in [1.82, 2.24) is 15.0 Å². The Morgan fingerprint density at radius 1 is 1.37 bits per heavy atom. The monoisotopic (exact) mass is 334 g/mol. The average molecular weight is 335 g/mol. The average Bonchev–Trinajstić information content (AvgIpc) is 2.81. The number of halogens is 1. The van der Waals surface area contributed by atoms with E-state index in [1.54, 1.807) is 23.7 Å². The molecular formula is C13H11BrN4S.